The molecule has 0 fully saturated rings. The number of carbonyl (C=O) groups is 6. The first-order valence-electron chi connectivity index (χ1n) is 22.2. The molecule has 6 amide bonds. The largest absolute Gasteiger partial charge is 0.351 e. The second-order valence-electron chi connectivity index (χ2n) is 16.1. The van der Waals surface area contributed by atoms with Crippen molar-refractivity contribution >= 4 is 35.4 Å². The molecular weight excluding hydrogens is 817 g/mol. The molecule has 18 nitrogen and oxygen atoms in total. The Hall–Kier alpha value is -4.98. The van der Waals surface area contributed by atoms with Gasteiger partial charge in [-0.3, -0.25) is 48.4 Å². The van der Waals surface area contributed by atoms with E-state index < -0.39 is 0 Å². The van der Waals surface area contributed by atoms with Crippen LogP contribution in [-0.2, 0) is 28.8 Å². The van der Waals surface area contributed by atoms with Gasteiger partial charge in [0, 0.05) is 177 Å². The fraction of sp³-hybridized carbons (Fsp3) is 0.609. The Morgan fingerprint density at radius 1 is 0.266 bits per heavy atom. The van der Waals surface area contributed by atoms with Crippen LogP contribution in [0.1, 0.15) is 41.5 Å². The van der Waals surface area contributed by atoms with Gasteiger partial charge in [-0.25, -0.2) is 0 Å². The summed E-state index contributed by atoms with van der Waals surface area (Å²) >= 11 is 0. The highest BCUT2D eigenvalue weighted by Gasteiger charge is 2.16. The molecule has 0 atom stereocenters. The summed E-state index contributed by atoms with van der Waals surface area (Å²) in [6, 6.07) is 0. The van der Waals surface area contributed by atoms with E-state index in [4.69, 9.17) is 0 Å². The van der Waals surface area contributed by atoms with Crippen LogP contribution < -0.4 is 42.5 Å². The van der Waals surface area contributed by atoms with Crippen LogP contribution in [0.25, 0.3) is 0 Å². The number of amides is 6. The van der Waals surface area contributed by atoms with Crippen LogP contribution in [0.5, 0.6) is 0 Å². The molecular formula is C46H82N12O6. The predicted molar refractivity (Wildman–Crippen MR) is 258 cm³/mol. The molecule has 0 rings (SSSR count). The van der Waals surface area contributed by atoms with Crippen molar-refractivity contribution in [2.24, 2.45) is 0 Å². The summed E-state index contributed by atoms with van der Waals surface area (Å²) in [7, 11) is 0. The zero-order valence-electron chi connectivity index (χ0n) is 40.0. The standard InChI is InChI=1S/C46H82N12O6/c1-35(2)41(59)49-15-13-47-17-23-57(31-29-55(25-19-51-43(61)37(5)6)26-20-52-44(62)38(7)8)33-34-58(24-18-48-14-16-50-42(60)36(3)4)32-30-56(27-21-53-45(63)39(9)10)28-22-54-46(64)40(11)12/h47-48H,1,3,5,7,9,11,13-34H2,2,4,6,8,10,12H3,(H,49,59)(H,50,60)(H,51,61)(H,52,62)(H,53,63)(H,54,64). The highest BCUT2D eigenvalue weighted by atomic mass is 16.2. The van der Waals surface area contributed by atoms with E-state index in [0.717, 1.165) is 13.1 Å². The SMILES string of the molecule is C=C(C)C(=O)NCCNCCN(CCN(CCNC(=O)C(=C)C)CCNC(=O)C(=C)C)CCN(CCNCCNC(=O)C(=C)C)CCN(CCNC(=O)C(=C)C)CCNC(=O)C(=C)C. The van der Waals surface area contributed by atoms with Gasteiger partial charge >= 0.3 is 0 Å². The molecule has 362 valence electrons. The van der Waals surface area contributed by atoms with Crippen LogP contribution >= 0.6 is 0 Å². The minimum Gasteiger partial charge on any atom is -0.351 e. The topological polar surface area (TPSA) is 212 Å². The van der Waals surface area contributed by atoms with Gasteiger partial charge in [-0.1, -0.05) is 39.5 Å². The molecule has 0 saturated carbocycles. The number of hydrogen-bond acceptors (Lipinski definition) is 12. The van der Waals surface area contributed by atoms with Crippen molar-refractivity contribution in [1.29, 1.82) is 0 Å². The van der Waals surface area contributed by atoms with Gasteiger partial charge in [-0.2, -0.15) is 0 Å². The van der Waals surface area contributed by atoms with Gasteiger partial charge in [0.05, 0.1) is 0 Å². The molecule has 0 heterocycles. The molecule has 0 aromatic rings. The van der Waals surface area contributed by atoms with Crippen molar-refractivity contribution < 1.29 is 28.8 Å². The summed E-state index contributed by atoms with van der Waals surface area (Å²) in [4.78, 5) is 82.1. The van der Waals surface area contributed by atoms with Crippen LogP contribution in [-0.4, -0.2) is 199 Å². The van der Waals surface area contributed by atoms with Crippen LogP contribution in [0.3, 0.4) is 0 Å². The van der Waals surface area contributed by atoms with E-state index in [1.54, 1.807) is 41.5 Å². The molecule has 18 heteroatoms. The van der Waals surface area contributed by atoms with Gasteiger partial charge in [-0.05, 0) is 41.5 Å². The molecule has 0 unspecified atom stereocenters. The van der Waals surface area contributed by atoms with Crippen molar-refractivity contribution in [3.8, 4) is 0 Å². The van der Waals surface area contributed by atoms with E-state index in [2.05, 4.69) is 102 Å². The first-order valence-corrected chi connectivity index (χ1v) is 22.2. The van der Waals surface area contributed by atoms with Gasteiger partial charge in [0.1, 0.15) is 0 Å². The maximum atomic E-state index is 12.3. The van der Waals surface area contributed by atoms with E-state index >= 15 is 0 Å². The second kappa shape index (κ2) is 35.4. The fourth-order valence-corrected chi connectivity index (χ4v) is 5.66. The van der Waals surface area contributed by atoms with Gasteiger partial charge in [0.2, 0.25) is 35.4 Å². The quantitative estimate of drug-likeness (QED) is 0.0291. The van der Waals surface area contributed by atoms with Crippen molar-refractivity contribution in [2.45, 2.75) is 41.5 Å². The molecule has 0 radical (unpaired) electrons. The van der Waals surface area contributed by atoms with E-state index in [1.807, 2.05) is 0 Å². The zero-order chi connectivity index (χ0) is 48.5. The average Bonchev–Trinajstić information content (AvgIpc) is 3.23. The first-order chi connectivity index (χ1) is 30.2. The van der Waals surface area contributed by atoms with E-state index in [-0.39, 0.29) is 35.4 Å². The van der Waals surface area contributed by atoms with Gasteiger partial charge in [0.25, 0.3) is 0 Å². The highest BCUT2D eigenvalue weighted by Crippen LogP contribution is 2.00. The van der Waals surface area contributed by atoms with E-state index in [1.165, 1.54) is 0 Å². The minimum atomic E-state index is -0.208. The number of hydrogen-bond donors (Lipinski definition) is 8. The molecule has 0 saturated heterocycles. The lowest BCUT2D eigenvalue weighted by Crippen LogP contribution is -2.48. The summed E-state index contributed by atoms with van der Waals surface area (Å²) in [5.74, 6) is -1.19. The third-order valence-corrected chi connectivity index (χ3v) is 9.76. The lowest BCUT2D eigenvalue weighted by Gasteiger charge is -2.32. The monoisotopic (exact) mass is 899 g/mol. The average molecular weight is 899 g/mol. The van der Waals surface area contributed by atoms with Crippen LogP contribution in [0, 0.1) is 0 Å². The Balaban J connectivity index is 6.16. The van der Waals surface area contributed by atoms with Crippen LogP contribution in [0.15, 0.2) is 72.9 Å². The molecule has 0 bridgehead atoms. The van der Waals surface area contributed by atoms with Crippen molar-refractivity contribution in [1.82, 2.24) is 62.1 Å². The second-order valence-corrected chi connectivity index (χ2v) is 16.1. The molecule has 0 aromatic carbocycles. The lowest BCUT2D eigenvalue weighted by molar-refractivity contribution is -0.118. The number of rotatable bonds is 39. The summed E-state index contributed by atoms with van der Waals surface area (Å²) in [5, 5.41) is 24.2. The fourth-order valence-electron chi connectivity index (χ4n) is 5.66. The first kappa shape index (κ1) is 59.0. The third-order valence-electron chi connectivity index (χ3n) is 9.76. The number of nitrogens with zero attached hydrogens (tertiary/aromatic N) is 4. The van der Waals surface area contributed by atoms with Gasteiger partial charge < -0.3 is 42.5 Å². The van der Waals surface area contributed by atoms with Crippen LogP contribution in [0.4, 0.5) is 0 Å². The maximum Gasteiger partial charge on any atom is 0.246 e. The third kappa shape index (κ3) is 31.0. The van der Waals surface area contributed by atoms with E-state index in [0.29, 0.717) is 164 Å². The predicted octanol–water partition coefficient (Wildman–Crippen LogP) is -0.473. The Morgan fingerprint density at radius 2 is 0.438 bits per heavy atom. The molecule has 8 N–H and O–H groups in total. The summed E-state index contributed by atoms with van der Waals surface area (Å²) in [5.41, 5.74) is 2.63. The normalized spacial score (nSPS) is 11.0. The molecule has 0 spiro atoms. The van der Waals surface area contributed by atoms with Crippen molar-refractivity contribution in [3.63, 3.8) is 0 Å². The van der Waals surface area contributed by atoms with Gasteiger partial charge in [0.15, 0.2) is 0 Å². The highest BCUT2D eigenvalue weighted by molar-refractivity contribution is 5.94. The molecule has 0 aliphatic heterocycles. The number of carbonyl (C=O) groups excluding carboxylic acids is 6. The Kier molecular flexibility index (Phi) is 32.6. The summed E-state index contributed by atoms with van der Waals surface area (Å²) in [6.45, 7) is 45.3. The Morgan fingerprint density at radius 3 is 0.641 bits per heavy atom. The van der Waals surface area contributed by atoms with E-state index in [9.17, 15) is 28.8 Å². The zero-order valence-corrected chi connectivity index (χ0v) is 40.0. The molecule has 0 aliphatic rings. The Labute approximate surface area is 383 Å². The van der Waals surface area contributed by atoms with Crippen molar-refractivity contribution in [3.05, 3.63) is 72.9 Å². The molecule has 0 aromatic heterocycles. The minimum absolute atomic E-state index is 0.180. The summed E-state index contributed by atoms with van der Waals surface area (Å²) in [6.07, 6.45) is 0. The van der Waals surface area contributed by atoms with Crippen molar-refractivity contribution in [2.75, 3.05) is 144 Å². The van der Waals surface area contributed by atoms with Crippen LogP contribution in [0.2, 0.25) is 0 Å². The summed E-state index contributed by atoms with van der Waals surface area (Å²) < 4.78 is 0. The maximum absolute atomic E-state index is 12.3. The number of nitrogens with one attached hydrogen (secondary N) is 8. The molecule has 0 aliphatic carbocycles. The smallest absolute Gasteiger partial charge is 0.246 e. The Bertz CT molecular complexity index is 1400. The van der Waals surface area contributed by atoms with Gasteiger partial charge in [-0.15, -0.1) is 0 Å². The lowest BCUT2D eigenvalue weighted by atomic mass is 10.3. The molecule has 64 heavy (non-hydrogen) atoms.